The van der Waals surface area contributed by atoms with Crippen molar-refractivity contribution in [1.29, 1.82) is 0 Å². The normalized spacial score (nSPS) is 13.2. The number of nitrogens with zero attached hydrogens (tertiary/aromatic N) is 2. The molecule has 2 unspecified atom stereocenters. The Morgan fingerprint density at radius 1 is 1.11 bits per heavy atom. The van der Waals surface area contributed by atoms with E-state index in [1.807, 2.05) is 32.2 Å². The van der Waals surface area contributed by atoms with Gasteiger partial charge in [-0.2, -0.15) is 0 Å². The van der Waals surface area contributed by atoms with Gasteiger partial charge in [0.05, 0.1) is 11.8 Å². The number of anilines is 1. The molecule has 0 aliphatic heterocycles. The minimum Gasteiger partial charge on any atom is -0.387 e. The van der Waals surface area contributed by atoms with Crippen molar-refractivity contribution in [3.05, 3.63) is 76.8 Å². The molecule has 0 saturated heterocycles. The van der Waals surface area contributed by atoms with Crippen LogP contribution in [0.4, 0.5) is 10.2 Å². The van der Waals surface area contributed by atoms with Crippen molar-refractivity contribution in [2.24, 2.45) is 0 Å². The standard InChI is InChI=1S/C21H22ClFN4O/c1-13(24-2)17-8-5-15(9-18(17)22)19-10-21(27-12-26-19)25-11-20(28)14-3-6-16(23)7-4-14/h3-10,12-13,20,24,28H,11H2,1-2H3,(H,25,26,27). The molecule has 0 radical (unpaired) electrons. The minimum absolute atomic E-state index is 0.150. The van der Waals surface area contributed by atoms with E-state index in [9.17, 15) is 9.50 Å². The molecule has 0 spiro atoms. The molecule has 0 fully saturated rings. The number of aliphatic hydroxyl groups is 1. The van der Waals surface area contributed by atoms with Gasteiger partial charge in [-0.25, -0.2) is 14.4 Å². The van der Waals surface area contributed by atoms with Gasteiger partial charge in [0.15, 0.2) is 0 Å². The van der Waals surface area contributed by atoms with Crippen LogP contribution in [0.3, 0.4) is 0 Å². The molecule has 7 heteroatoms. The number of aromatic nitrogens is 2. The molecule has 2 aromatic carbocycles. The summed E-state index contributed by atoms with van der Waals surface area (Å²) < 4.78 is 13.0. The molecule has 0 aliphatic rings. The molecule has 3 rings (SSSR count). The molecule has 3 N–H and O–H groups in total. The fraction of sp³-hybridized carbons (Fsp3) is 0.238. The fourth-order valence-corrected chi connectivity index (χ4v) is 3.15. The minimum atomic E-state index is -0.782. The number of aliphatic hydroxyl groups excluding tert-OH is 1. The highest BCUT2D eigenvalue weighted by Gasteiger charge is 2.11. The van der Waals surface area contributed by atoms with Gasteiger partial charge in [0, 0.05) is 29.2 Å². The maximum Gasteiger partial charge on any atom is 0.130 e. The summed E-state index contributed by atoms with van der Waals surface area (Å²) in [6, 6.07) is 13.5. The Balaban J connectivity index is 1.72. The van der Waals surface area contributed by atoms with Crippen LogP contribution >= 0.6 is 11.6 Å². The zero-order chi connectivity index (χ0) is 20.1. The first-order valence-electron chi connectivity index (χ1n) is 8.94. The van der Waals surface area contributed by atoms with E-state index in [4.69, 9.17) is 11.6 Å². The lowest BCUT2D eigenvalue weighted by atomic mass is 10.0. The van der Waals surface area contributed by atoms with Gasteiger partial charge in [-0.3, -0.25) is 0 Å². The number of nitrogens with one attached hydrogen (secondary N) is 2. The summed E-state index contributed by atoms with van der Waals surface area (Å²) in [5, 5.41) is 17.2. The maximum atomic E-state index is 13.0. The molecule has 0 amide bonds. The second-order valence-corrected chi connectivity index (χ2v) is 6.89. The first-order chi connectivity index (χ1) is 13.5. The van der Waals surface area contributed by atoms with E-state index in [-0.39, 0.29) is 18.4 Å². The summed E-state index contributed by atoms with van der Waals surface area (Å²) in [7, 11) is 1.89. The lowest BCUT2D eigenvalue weighted by Gasteiger charge is -2.14. The molecule has 3 aromatic rings. The average Bonchev–Trinajstić information content (AvgIpc) is 2.72. The molecule has 0 saturated carbocycles. The second-order valence-electron chi connectivity index (χ2n) is 6.48. The Hall–Kier alpha value is -2.54. The predicted molar refractivity (Wildman–Crippen MR) is 110 cm³/mol. The molecule has 1 aromatic heterocycles. The van der Waals surface area contributed by atoms with Crippen LogP contribution in [0.5, 0.6) is 0 Å². The highest BCUT2D eigenvalue weighted by atomic mass is 35.5. The first-order valence-corrected chi connectivity index (χ1v) is 9.32. The Bertz CT molecular complexity index is 936. The summed E-state index contributed by atoms with van der Waals surface area (Å²) in [6.07, 6.45) is 0.677. The van der Waals surface area contributed by atoms with Crippen molar-refractivity contribution in [3.63, 3.8) is 0 Å². The summed E-state index contributed by atoms with van der Waals surface area (Å²) >= 11 is 6.42. The highest BCUT2D eigenvalue weighted by molar-refractivity contribution is 6.31. The Morgan fingerprint density at radius 3 is 2.54 bits per heavy atom. The van der Waals surface area contributed by atoms with Crippen molar-refractivity contribution < 1.29 is 9.50 Å². The molecule has 28 heavy (non-hydrogen) atoms. The zero-order valence-corrected chi connectivity index (χ0v) is 16.4. The summed E-state index contributed by atoms with van der Waals surface area (Å²) in [6.45, 7) is 2.28. The first kappa shape index (κ1) is 20.2. The van der Waals surface area contributed by atoms with Crippen LogP contribution in [0, 0.1) is 5.82 Å². The van der Waals surface area contributed by atoms with E-state index in [0.717, 1.165) is 16.8 Å². The van der Waals surface area contributed by atoms with Crippen molar-refractivity contribution >= 4 is 17.4 Å². The van der Waals surface area contributed by atoms with E-state index < -0.39 is 6.10 Å². The highest BCUT2D eigenvalue weighted by Crippen LogP contribution is 2.28. The fourth-order valence-electron chi connectivity index (χ4n) is 2.81. The van der Waals surface area contributed by atoms with Gasteiger partial charge in [0.2, 0.25) is 0 Å². The van der Waals surface area contributed by atoms with Crippen LogP contribution in [-0.4, -0.2) is 28.7 Å². The monoisotopic (exact) mass is 400 g/mol. The molecular weight excluding hydrogens is 379 g/mol. The summed E-state index contributed by atoms with van der Waals surface area (Å²) in [5.41, 5.74) is 3.24. The largest absolute Gasteiger partial charge is 0.387 e. The van der Waals surface area contributed by atoms with Crippen LogP contribution in [0.15, 0.2) is 54.9 Å². The number of hydrogen-bond donors (Lipinski definition) is 3. The summed E-state index contributed by atoms with van der Waals surface area (Å²) in [4.78, 5) is 8.50. The SMILES string of the molecule is CNC(C)c1ccc(-c2cc(NCC(O)c3ccc(F)cc3)ncn2)cc1Cl. The molecule has 0 aliphatic carbocycles. The quantitative estimate of drug-likeness (QED) is 0.549. The maximum absolute atomic E-state index is 13.0. The van der Waals surface area contributed by atoms with Gasteiger partial charge in [0.1, 0.15) is 18.0 Å². The Kier molecular flexibility index (Phi) is 6.57. The van der Waals surface area contributed by atoms with Crippen molar-refractivity contribution in [2.75, 3.05) is 18.9 Å². The molecule has 1 heterocycles. The van der Waals surface area contributed by atoms with E-state index in [0.29, 0.717) is 16.4 Å². The van der Waals surface area contributed by atoms with Gasteiger partial charge >= 0.3 is 0 Å². The number of rotatable bonds is 7. The average molecular weight is 401 g/mol. The molecule has 2 atom stereocenters. The second kappa shape index (κ2) is 9.10. The van der Waals surface area contributed by atoms with Crippen molar-refractivity contribution in [1.82, 2.24) is 15.3 Å². The van der Waals surface area contributed by atoms with Crippen LogP contribution < -0.4 is 10.6 Å². The third-order valence-electron chi connectivity index (χ3n) is 4.59. The zero-order valence-electron chi connectivity index (χ0n) is 15.7. The molecule has 5 nitrogen and oxygen atoms in total. The number of hydrogen-bond acceptors (Lipinski definition) is 5. The number of halogens is 2. The van der Waals surface area contributed by atoms with Crippen molar-refractivity contribution in [3.8, 4) is 11.3 Å². The van der Waals surface area contributed by atoms with E-state index >= 15 is 0 Å². The van der Waals surface area contributed by atoms with Gasteiger partial charge < -0.3 is 15.7 Å². The Morgan fingerprint density at radius 2 is 1.86 bits per heavy atom. The molecule has 146 valence electrons. The lowest BCUT2D eigenvalue weighted by Crippen LogP contribution is -2.13. The van der Waals surface area contributed by atoms with Gasteiger partial charge in [-0.05, 0) is 43.3 Å². The van der Waals surface area contributed by atoms with Crippen LogP contribution in [0.25, 0.3) is 11.3 Å². The predicted octanol–water partition coefficient (Wildman–Crippen LogP) is 4.36. The van der Waals surface area contributed by atoms with Crippen LogP contribution in [0.1, 0.15) is 30.2 Å². The van der Waals surface area contributed by atoms with Crippen molar-refractivity contribution in [2.45, 2.75) is 19.1 Å². The van der Waals surface area contributed by atoms with Gasteiger partial charge in [-0.15, -0.1) is 0 Å². The van der Waals surface area contributed by atoms with Crippen LogP contribution in [-0.2, 0) is 0 Å². The Labute approximate surface area is 168 Å². The van der Waals surface area contributed by atoms with E-state index in [1.54, 1.807) is 18.2 Å². The lowest BCUT2D eigenvalue weighted by molar-refractivity contribution is 0.191. The van der Waals surface area contributed by atoms with E-state index in [2.05, 4.69) is 20.6 Å². The van der Waals surface area contributed by atoms with Gasteiger partial charge in [0.25, 0.3) is 0 Å². The summed E-state index contributed by atoms with van der Waals surface area (Å²) in [5.74, 6) is 0.244. The number of benzene rings is 2. The van der Waals surface area contributed by atoms with Crippen LogP contribution in [0.2, 0.25) is 5.02 Å². The molecule has 0 bridgehead atoms. The third-order valence-corrected chi connectivity index (χ3v) is 4.92. The topological polar surface area (TPSA) is 70.1 Å². The molecular formula is C21H22ClFN4O. The third kappa shape index (κ3) is 4.84. The van der Waals surface area contributed by atoms with Gasteiger partial charge in [-0.1, -0.05) is 35.9 Å². The smallest absolute Gasteiger partial charge is 0.130 e. The van der Waals surface area contributed by atoms with E-state index in [1.165, 1.54) is 18.5 Å².